The molecule has 0 amide bonds. The van der Waals surface area contributed by atoms with Gasteiger partial charge >= 0.3 is 0 Å². The Hall–Kier alpha value is -1.38. The molecule has 0 aromatic heterocycles. The van der Waals surface area contributed by atoms with E-state index in [0.29, 0.717) is 38.7 Å². The zero-order valence-electron chi connectivity index (χ0n) is 10.7. The molecule has 2 aromatic carbocycles. The Labute approximate surface area is 122 Å². The van der Waals surface area contributed by atoms with Crippen LogP contribution in [0.25, 0.3) is 0 Å². The molecule has 0 spiro atoms. The summed E-state index contributed by atoms with van der Waals surface area (Å²) in [4.78, 5) is 0. The molecule has 0 fully saturated rings. The minimum Gasteiger partial charge on any atom is -0.507 e. The molecule has 0 heterocycles. The number of hydrogen-bond acceptors (Lipinski definition) is 2. The number of halogens is 2. The lowest BCUT2D eigenvalue weighted by Crippen LogP contribution is -1.93. The zero-order valence-corrected chi connectivity index (χ0v) is 12.2. The van der Waals surface area contributed by atoms with Crippen molar-refractivity contribution >= 4 is 23.2 Å². The third kappa shape index (κ3) is 2.96. The van der Waals surface area contributed by atoms with E-state index in [1.165, 1.54) is 0 Å². The van der Waals surface area contributed by atoms with Gasteiger partial charge in [-0.25, -0.2) is 0 Å². The van der Waals surface area contributed by atoms with Crippen LogP contribution in [0.3, 0.4) is 0 Å². The Kier molecular flexibility index (Phi) is 3.93. The third-order valence-electron chi connectivity index (χ3n) is 3.07. The molecule has 2 N–H and O–H groups in total. The summed E-state index contributed by atoms with van der Waals surface area (Å²) in [5.41, 5.74) is 2.76. The first kappa shape index (κ1) is 14.0. The molecule has 0 aliphatic rings. The molecule has 0 bridgehead atoms. The first-order chi connectivity index (χ1) is 8.88. The van der Waals surface area contributed by atoms with Crippen molar-refractivity contribution in [1.29, 1.82) is 0 Å². The molecule has 0 saturated heterocycles. The summed E-state index contributed by atoms with van der Waals surface area (Å²) in [6, 6.07) is 6.78. The average molecular weight is 297 g/mol. The minimum absolute atomic E-state index is 0.196. The maximum Gasteiger partial charge on any atom is 0.122 e. The average Bonchev–Trinajstić information content (AvgIpc) is 2.31. The number of phenols is 2. The fourth-order valence-corrected chi connectivity index (χ4v) is 2.68. The first-order valence-electron chi connectivity index (χ1n) is 5.84. The SMILES string of the molecule is Cc1cc(Cl)cc(Cc2cc(Cl)cc(C)c2O)c1O. The van der Waals surface area contributed by atoms with Gasteiger partial charge in [-0.05, 0) is 49.2 Å². The van der Waals surface area contributed by atoms with Gasteiger partial charge in [0.1, 0.15) is 11.5 Å². The fourth-order valence-electron chi connectivity index (χ4n) is 2.08. The quantitative estimate of drug-likeness (QED) is 0.849. The highest BCUT2D eigenvalue weighted by atomic mass is 35.5. The first-order valence-corrected chi connectivity index (χ1v) is 6.60. The van der Waals surface area contributed by atoms with E-state index in [1.54, 1.807) is 38.1 Å². The van der Waals surface area contributed by atoms with Gasteiger partial charge in [0.25, 0.3) is 0 Å². The van der Waals surface area contributed by atoms with Gasteiger partial charge < -0.3 is 10.2 Å². The van der Waals surface area contributed by atoms with Crippen molar-refractivity contribution in [3.05, 3.63) is 56.6 Å². The van der Waals surface area contributed by atoms with Crippen LogP contribution in [0.5, 0.6) is 11.5 Å². The predicted molar refractivity (Wildman–Crippen MR) is 78.5 cm³/mol. The van der Waals surface area contributed by atoms with Crippen LogP contribution in [-0.4, -0.2) is 10.2 Å². The lowest BCUT2D eigenvalue weighted by molar-refractivity contribution is 0.458. The number of rotatable bonds is 2. The molecule has 0 atom stereocenters. The molecular formula is C15H14Cl2O2. The lowest BCUT2D eigenvalue weighted by Gasteiger charge is -2.11. The van der Waals surface area contributed by atoms with Crippen LogP contribution in [-0.2, 0) is 6.42 Å². The standard InChI is InChI=1S/C15H14Cl2O2/c1-8-3-12(16)6-10(14(8)18)5-11-7-13(17)4-9(2)15(11)19/h3-4,6-7,18-19H,5H2,1-2H3. The van der Waals surface area contributed by atoms with Gasteiger partial charge in [0.05, 0.1) is 0 Å². The summed E-state index contributed by atoms with van der Waals surface area (Å²) >= 11 is 12.0. The van der Waals surface area contributed by atoms with E-state index in [0.717, 1.165) is 0 Å². The van der Waals surface area contributed by atoms with Crippen LogP contribution >= 0.6 is 23.2 Å². The number of aryl methyl sites for hydroxylation is 2. The minimum atomic E-state index is 0.196. The van der Waals surface area contributed by atoms with Crippen LogP contribution in [0.4, 0.5) is 0 Å². The highest BCUT2D eigenvalue weighted by Crippen LogP contribution is 2.33. The largest absolute Gasteiger partial charge is 0.507 e. The maximum atomic E-state index is 10.0. The molecule has 0 aliphatic carbocycles. The zero-order chi connectivity index (χ0) is 14.2. The van der Waals surface area contributed by atoms with E-state index >= 15 is 0 Å². The molecule has 2 rings (SSSR count). The van der Waals surface area contributed by atoms with Crippen molar-refractivity contribution in [2.75, 3.05) is 0 Å². The Morgan fingerprint density at radius 3 is 1.53 bits per heavy atom. The van der Waals surface area contributed by atoms with Crippen LogP contribution in [0.15, 0.2) is 24.3 Å². The van der Waals surface area contributed by atoms with Crippen LogP contribution < -0.4 is 0 Å². The summed E-state index contributed by atoms with van der Waals surface area (Å²) < 4.78 is 0. The van der Waals surface area contributed by atoms with Crippen molar-refractivity contribution < 1.29 is 10.2 Å². The highest BCUT2D eigenvalue weighted by molar-refractivity contribution is 6.31. The molecule has 4 heteroatoms. The van der Waals surface area contributed by atoms with E-state index < -0.39 is 0 Å². The second-order valence-electron chi connectivity index (χ2n) is 4.64. The molecule has 0 radical (unpaired) electrons. The third-order valence-corrected chi connectivity index (χ3v) is 3.51. The van der Waals surface area contributed by atoms with E-state index in [2.05, 4.69) is 0 Å². The Bertz CT molecular complexity index is 581. The summed E-state index contributed by atoms with van der Waals surface area (Å²) in [7, 11) is 0. The van der Waals surface area contributed by atoms with Gasteiger partial charge in [0.15, 0.2) is 0 Å². The molecule has 0 unspecified atom stereocenters. The van der Waals surface area contributed by atoms with Gasteiger partial charge in [0.2, 0.25) is 0 Å². The topological polar surface area (TPSA) is 40.5 Å². The number of hydrogen-bond donors (Lipinski definition) is 2. The fraction of sp³-hybridized carbons (Fsp3) is 0.200. The molecule has 0 aliphatic heterocycles. The molecule has 19 heavy (non-hydrogen) atoms. The molecule has 2 aromatic rings. The predicted octanol–water partition coefficient (Wildman–Crippen LogP) is 4.61. The van der Waals surface area contributed by atoms with E-state index in [-0.39, 0.29) is 11.5 Å². The van der Waals surface area contributed by atoms with E-state index in [4.69, 9.17) is 23.2 Å². The second kappa shape index (κ2) is 5.32. The van der Waals surface area contributed by atoms with Crippen molar-refractivity contribution in [1.82, 2.24) is 0 Å². The van der Waals surface area contributed by atoms with Gasteiger partial charge in [-0.15, -0.1) is 0 Å². The Morgan fingerprint density at radius 1 is 0.789 bits per heavy atom. The van der Waals surface area contributed by atoms with E-state index in [9.17, 15) is 10.2 Å². The summed E-state index contributed by atoms with van der Waals surface area (Å²) in [5, 5.41) is 21.2. The summed E-state index contributed by atoms with van der Waals surface area (Å²) in [6.07, 6.45) is 0.375. The van der Waals surface area contributed by atoms with Crippen LogP contribution in [0.1, 0.15) is 22.3 Å². The second-order valence-corrected chi connectivity index (χ2v) is 5.51. The van der Waals surface area contributed by atoms with Gasteiger partial charge in [-0.1, -0.05) is 23.2 Å². The Balaban J connectivity index is 2.47. The summed E-state index contributed by atoms with van der Waals surface area (Å²) in [6.45, 7) is 3.57. The Morgan fingerprint density at radius 2 is 1.16 bits per heavy atom. The van der Waals surface area contributed by atoms with Crippen molar-refractivity contribution in [3.63, 3.8) is 0 Å². The van der Waals surface area contributed by atoms with Gasteiger partial charge in [-0.3, -0.25) is 0 Å². The van der Waals surface area contributed by atoms with Crippen molar-refractivity contribution in [2.24, 2.45) is 0 Å². The van der Waals surface area contributed by atoms with Gasteiger partial charge in [-0.2, -0.15) is 0 Å². The molecule has 2 nitrogen and oxygen atoms in total. The number of aromatic hydroxyl groups is 2. The van der Waals surface area contributed by atoms with Crippen molar-refractivity contribution in [2.45, 2.75) is 20.3 Å². The molecule has 100 valence electrons. The van der Waals surface area contributed by atoms with Gasteiger partial charge in [0, 0.05) is 27.6 Å². The number of phenolic OH excluding ortho intramolecular Hbond substituents is 2. The molecule has 0 saturated carbocycles. The maximum absolute atomic E-state index is 10.0. The van der Waals surface area contributed by atoms with Crippen LogP contribution in [0, 0.1) is 13.8 Å². The molecular weight excluding hydrogens is 283 g/mol. The smallest absolute Gasteiger partial charge is 0.122 e. The van der Waals surface area contributed by atoms with Crippen LogP contribution in [0.2, 0.25) is 10.0 Å². The van der Waals surface area contributed by atoms with Crippen molar-refractivity contribution in [3.8, 4) is 11.5 Å². The number of benzene rings is 2. The normalized spacial score (nSPS) is 10.7. The summed E-state index contributed by atoms with van der Waals surface area (Å²) in [5.74, 6) is 0.392. The lowest BCUT2D eigenvalue weighted by atomic mass is 9.99. The monoisotopic (exact) mass is 296 g/mol. The highest BCUT2D eigenvalue weighted by Gasteiger charge is 2.12. The van der Waals surface area contributed by atoms with E-state index in [1.807, 2.05) is 0 Å².